The number of hydrogen-bond acceptors (Lipinski definition) is 7. The molecule has 0 unspecified atom stereocenters. The van der Waals surface area contributed by atoms with E-state index in [0.717, 1.165) is 21.7 Å². The SMILES string of the molecule is CC(=O)Nc1nc(CCc2ccc(OC(N)=O)cc2)c(Cc2ccc(S(C)(=O)=O)cc2)s1. The molecule has 10 heteroatoms. The standard InChI is InChI=1S/C22H23N3O5S2/c1-14(26)24-22-25-19(12-7-15-3-8-17(9-4-15)30-21(23)27)20(31-22)13-16-5-10-18(11-6-16)32(2,28)29/h3-6,8-11H,7,12-13H2,1-2H3,(H2,23,27)(H,24,25,26). The van der Waals surface area contributed by atoms with Gasteiger partial charge in [-0.25, -0.2) is 18.2 Å². The van der Waals surface area contributed by atoms with Crippen LogP contribution in [0.4, 0.5) is 9.93 Å². The lowest BCUT2D eigenvalue weighted by molar-refractivity contribution is -0.114. The van der Waals surface area contributed by atoms with E-state index in [2.05, 4.69) is 10.3 Å². The summed E-state index contributed by atoms with van der Waals surface area (Å²) in [4.78, 5) is 28.1. The first kappa shape index (κ1) is 23.4. The Bertz CT molecular complexity index is 1220. The van der Waals surface area contributed by atoms with Gasteiger partial charge in [-0.3, -0.25) is 4.79 Å². The van der Waals surface area contributed by atoms with Crippen LogP contribution in [0.1, 0.15) is 28.6 Å². The number of aromatic nitrogens is 1. The molecule has 0 aliphatic carbocycles. The van der Waals surface area contributed by atoms with Gasteiger partial charge in [-0.1, -0.05) is 24.3 Å². The third-order valence-corrected chi connectivity index (χ3v) is 6.71. The Hall–Kier alpha value is -3.24. The van der Waals surface area contributed by atoms with Gasteiger partial charge in [0.2, 0.25) is 5.91 Å². The van der Waals surface area contributed by atoms with Crippen molar-refractivity contribution in [2.75, 3.05) is 11.6 Å². The molecule has 1 aromatic heterocycles. The number of sulfone groups is 1. The van der Waals surface area contributed by atoms with E-state index in [0.29, 0.717) is 30.1 Å². The number of nitrogens with zero attached hydrogens (tertiary/aromatic N) is 1. The molecule has 1 heterocycles. The van der Waals surface area contributed by atoms with Crippen molar-refractivity contribution in [3.63, 3.8) is 0 Å². The lowest BCUT2D eigenvalue weighted by Gasteiger charge is -2.06. The van der Waals surface area contributed by atoms with Gasteiger partial charge in [0.25, 0.3) is 0 Å². The van der Waals surface area contributed by atoms with Crippen LogP contribution in [0.5, 0.6) is 5.75 Å². The summed E-state index contributed by atoms with van der Waals surface area (Å²) >= 11 is 1.40. The van der Waals surface area contributed by atoms with E-state index >= 15 is 0 Å². The maximum Gasteiger partial charge on any atom is 0.409 e. The van der Waals surface area contributed by atoms with Crippen molar-refractivity contribution < 1.29 is 22.7 Å². The number of hydrogen-bond donors (Lipinski definition) is 2. The number of primary amides is 1. The van der Waals surface area contributed by atoms with Crippen LogP contribution >= 0.6 is 11.3 Å². The zero-order chi connectivity index (χ0) is 23.3. The summed E-state index contributed by atoms with van der Waals surface area (Å²) in [6, 6.07) is 13.8. The quantitative estimate of drug-likeness (QED) is 0.516. The van der Waals surface area contributed by atoms with Gasteiger partial charge >= 0.3 is 6.09 Å². The summed E-state index contributed by atoms with van der Waals surface area (Å²) in [5, 5.41) is 3.26. The van der Waals surface area contributed by atoms with Crippen molar-refractivity contribution >= 4 is 38.3 Å². The number of benzene rings is 2. The zero-order valence-electron chi connectivity index (χ0n) is 17.6. The summed E-state index contributed by atoms with van der Waals surface area (Å²) in [5.41, 5.74) is 7.86. The van der Waals surface area contributed by atoms with Crippen molar-refractivity contribution in [1.29, 1.82) is 0 Å². The maximum atomic E-state index is 11.7. The average molecular weight is 474 g/mol. The van der Waals surface area contributed by atoms with Crippen LogP contribution in [-0.4, -0.2) is 31.7 Å². The number of ether oxygens (including phenoxy) is 1. The molecule has 32 heavy (non-hydrogen) atoms. The van der Waals surface area contributed by atoms with E-state index < -0.39 is 15.9 Å². The second-order valence-corrected chi connectivity index (χ2v) is 10.3. The highest BCUT2D eigenvalue weighted by molar-refractivity contribution is 7.90. The number of anilines is 1. The number of rotatable bonds is 8. The summed E-state index contributed by atoms with van der Waals surface area (Å²) in [7, 11) is -3.25. The summed E-state index contributed by atoms with van der Waals surface area (Å²) in [6.45, 7) is 1.43. The van der Waals surface area contributed by atoms with Gasteiger partial charge in [-0.2, -0.15) is 0 Å². The Morgan fingerprint density at radius 3 is 2.22 bits per heavy atom. The Kier molecular flexibility index (Phi) is 7.26. The Balaban J connectivity index is 1.76. The predicted octanol–water partition coefficient (Wildman–Crippen LogP) is 3.34. The predicted molar refractivity (Wildman–Crippen MR) is 123 cm³/mol. The third kappa shape index (κ3) is 6.63. The molecular weight excluding hydrogens is 450 g/mol. The molecule has 0 aliphatic heterocycles. The van der Waals surface area contributed by atoms with E-state index in [4.69, 9.17) is 10.5 Å². The molecular formula is C22H23N3O5S2. The molecule has 0 saturated heterocycles. The van der Waals surface area contributed by atoms with Crippen molar-refractivity contribution in [2.45, 2.75) is 31.1 Å². The normalized spacial score (nSPS) is 11.2. The van der Waals surface area contributed by atoms with E-state index in [-0.39, 0.29) is 10.8 Å². The van der Waals surface area contributed by atoms with Gasteiger partial charge in [0, 0.05) is 24.5 Å². The molecule has 3 aromatic rings. The topological polar surface area (TPSA) is 128 Å². The molecule has 0 spiro atoms. The fraction of sp³-hybridized carbons (Fsp3) is 0.227. The highest BCUT2D eigenvalue weighted by Crippen LogP contribution is 2.27. The minimum Gasteiger partial charge on any atom is -0.411 e. The lowest BCUT2D eigenvalue weighted by atomic mass is 10.0. The van der Waals surface area contributed by atoms with Gasteiger partial charge in [-0.15, -0.1) is 11.3 Å². The average Bonchev–Trinajstić information content (AvgIpc) is 3.07. The monoisotopic (exact) mass is 473 g/mol. The second kappa shape index (κ2) is 9.92. The van der Waals surface area contributed by atoms with Crippen molar-refractivity contribution in [3.8, 4) is 5.75 Å². The molecule has 3 N–H and O–H groups in total. The van der Waals surface area contributed by atoms with Crippen LogP contribution < -0.4 is 15.8 Å². The van der Waals surface area contributed by atoms with Gasteiger partial charge < -0.3 is 15.8 Å². The summed E-state index contributed by atoms with van der Waals surface area (Å²) in [6.07, 6.45) is 2.22. The van der Waals surface area contributed by atoms with E-state index in [1.54, 1.807) is 36.4 Å². The fourth-order valence-corrected chi connectivity index (χ4v) is 4.78. The highest BCUT2D eigenvalue weighted by atomic mass is 32.2. The first-order valence-electron chi connectivity index (χ1n) is 9.71. The smallest absolute Gasteiger partial charge is 0.409 e. The molecule has 0 radical (unpaired) electrons. The second-order valence-electron chi connectivity index (χ2n) is 7.23. The number of carbonyl (C=O) groups excluding carboxylic acids is 2. The lowest BCUT2D eigenvalue weighted by Crippen LogP contribution is -2.16. The maximum absolute atomic E-state index is 11.7. The molecule has 0 atom stereocenters. The molecule has 168 valence electrons. The van der Waals surface area contributed by atoms with Crippen molar-refractivity contribution in [2.24, 2.45) is 5.73 Å². The number of nitrogens with one attached hydrogen (secondary N) is 1. The van der Waals surface area contributed by atoms with Gasteiger partial charge in [0.05, 0.1) is 10.6 Å². The van der Waals surface area contributed by atoms with E-state index in [1.165, 1.54) is 24.5 Å². The summed E-state index contributed by atoms with van der Waals surface area (Å²) in [5.74, 6) is 0.181. The summed E-state index contributed by atoms with van der Waals surface area (Å²) < 4.78 is 28.2. The number of thiazole rings is 1. The van der Waals surface area contributed by atoms with Gasteiger partial charge in [0.15, 0.2) is 15.0 Å². The molecule has 0 saturated carbocycles. The molecule has 2 amide bonds. The van der Waals surface area contributed by atoms with Gasteiger partial charge in [0.1, 0.15) is 5.75 Å². The minimum atomic E-state index is -3.25. The van der Waals surface area contributed by atoms with Crippen LogP contribution in [0.3, 0.4) is 0 Å². The van der Waals surface area contributed by atoms with Crippen LogP contribution in [0, 0.1) is 0 Å². The minimum absolute atomic E-state index is 0.195. The Morgan fingerprint density at radius 2 is 1.66 bits per heavy atom. The van der Waals surface area contributed by atoms with Crippen molar-refractivity contribution in [3.05, 3.63) is 70.2 Å². The largest absolute Gasteiger partial charge is 0.411 e. The fourth-order valence-electron chi connectivity index (χ4n) is 3.06. The molecule has 0 aliphatic rings. The first-order chi connectivity index (χ1) is 15.1. The number of carbonyl (C=O) groups is 2. The number of nitrogens with two attached hydrogens (primary N) is 1. The number of amides is 2. The van der Waals surface area contributed by atoms with Crippen molar-refractivity contribution in [1.82, 2.24) is 4.98 Å². The van der Waals surface area contributed by atoms with E-state index in [1.807, 2.05) is 12.1 Å². The number of aryl methyl sites for hydroxylation is 2. The van der Waals surface area contributed by atoms with Gasteiger partial charge in [-0.05, 0) is 48.2 Å². The first-order valence-corrected chi connectivity index (χ1v) is 12.4. The molecule has 3 rings (SSSR count). The highest BCUT2D eigenvalue weighted by Gasteiger charge is 2.14. The molecule has 0 bridgehead atoms. The Labute approximate surface area is 190 Å². The molecule has 8 nitrogen and oxygen atoms in total. The van der Waals surface area contributed by atoms with Crippen LogP contribution in [0.25, 0.3) is 0 Å². The Morgan fingerprint density at radius 1 is 1.03 bits per heavy atom. The zero-order valence-corrected chi connectivity index (χ0v) is 19.3. The van der Waals surface area contributed by atoms with Crippen LogP contribution in [0.2, 0.25) is 0 Å². The van der Waals surface area contributed by atoms with Crippen LogP contribution in [-0.2, 0) is 33.9 Å². The van der Waals surface area contributed by atoms with Crippen LogP contribution in [0.15, 0.2) is 53.4 Å². The molecule has 2 aromatic carbocycles. The molecule has 0 fully saturated rings. The van der Waals surface area contributed by atoms with E-state index in [9.17, 15) is 18.0 Å². The third-order valence-electron chi connectivity index (χ3n) is 4.57.